The number of ether oxygens (including phenoxy) is 1. The van der Waals surface area contributed by atoms with Crippen molar-refractivity contribution in [1.82, 2.24) is 0 Å². The topological polar surface area (TPSA) is 87.0 Å². The molecule has 116 valence electrons. The quantitative estimate of drug-likeness (QED) is 0.758. The number of aliphatic hydroxyl groups excluding tert-OH is 2. The van der Waals surface area contributed by atoms with E-state index in [0.29, 0.717) is 5.75 Å². The van der Waals surface area contributed by atoms with E-state index >= 15 is 0 Å². The number of rotatable bonds is 6. The number of hydrogen-bond acceptors (Lipinski definition) is 4. The highest BCUT2D eigenvalue weighted by Crippen LogP contribution is 2.21. The molecular formula is C16H15FO5. The highest BCUT2D eigenvalue weighted by atomic mass is 19.1. The molecule has 2 aromatic carbocycles. The number of aliphatic carboxylic acids is 1. The maximum absolute atomic E-state index is 12.8. The summed E-state index contributed by atoms with van der Waals surface area (Å²) in [5.74, 6) is -1.31. The summed E-state index contributed by atoms with van der Waals surface area (Å²) in [6, 6.07) is 11.9. The molecule has 2 rings (SSSR count). The highest BCUT2D eigenvalue weighted by Gasteiger charge is 2.24. The fourth-order valence-corrected chi connectivity index (χ4v) is 1.83. The Morgan fingerprint density at radius 1 is 1.05 bits per heavy atom. The normalized spacial score (nSPS) is 13.4. The van der Waals surface area contributed by atoms with E-state index in [4.69, 9.17) is 9.84 Å². The number of carboxylic acids is 1. The Morgan fingerprint density at radius 2 is 1.64 bits per heavy atom. The molecule has 0 aliphatic rings. The lowest BCUT2D eigenvalue weighted by Crippen LogP contribution is -2.27. The van der Waals surface area contributed by atoms with Crippen LogP contribution in [-0.4, -0.2) is 27.4 Å². The van der Waals surface area contributed by atoms with Crippen molar-refractivity contribution in [2.24, 2.45) is 0 Å². The largest absolute Gasteiger partial charge is 0.489 e. The zero-order chi connectivity index (χ0) is 16.1. The summed E-state index contributed by atoms with van der Waals surface area (Å²) in [7, 11) is 0. The first-order chi connectivity index (χ1) is 10.5. The molecule has 0 aliphatic carbocycles. The minimum atomic E-state index is -1.88. The van der Waals surface area contributed by atoms with Gasteiger partial charge in [-0.1, -0.05) is 24.3 Å². The van der Waals surface area contributed by atoms with Crippen LogP contribution in [0.4, 0.5) is 4.39 Å². The van der Waals surface area contributed by atoms with Crippen LogP contribution in [0.5, 0.6) is 5.75 Å². The van der Waals surface area contributed by atoms with Crippen LogP contribution in [0.2, 0.25) is 0 Å². The molecule has 0 fully saturated rings. The van der Waals surface area contributed by atoms with Crippen molar-refractivity contribution in [2.45, 2.75) is 18.8 Å². The van der Waals surface area contributed by atoms with Crippen molar-refractivity contribution >= 4 is 5.97 Å². The average molecular weight is 306 g/mol. The highest BCUT2D eigenvalue weighted by molar-refractivity contribution is 5.73. The van der Waals surface area contributed by atoms with Crippen LogP contribution >= 0.6 is 0 Å². The zero-order valence-corrected chi connectivity index (χ0v) is 11.5. The summed E-state index contributed by atoms with van der Waals surface area (Å²) in [4.78, 5) is 10.6. The van der Waals surface area contributed by atoms with Gasteiger partial charge in [-0.2, -0.15) is 0 Å². The second kappa shape index (κ2) is 7.02. The Bertz CT molecular complexity index is 624. The molecule has 0 amide bonds. The van der Waals surface area contributed by atoms with Gasteiger partial charge in [0.15, 0.2) is 6.10 Å². The van der Waals surface area contributed by atoms with Crippen LogP contribution in [0.25, 0.3) is 0 Å². The van der Waals surface area contributed by atoms with Gasteiger partial charge in [0, 0.05) is 0 Å². The third kappa shape index (κ3) is 4.03. The maximum Gasteiger partial charge on any atom is 0.335 e. The summed E-state index contributed by atoms with van der Waals surface area (Å²) in [6.07, 6.45) is -3.39. The van der Waals surface area contributed by atoms with Gasteiger partial charge < -0.3 is 20.1 Å². The van der Waals surface area contributed by atoms with E-state index in [1.165, 1.54) is 24.3 Å². The van der Waals surface area contributed by atoms with Gasteiger partial charge in [-0.15, -0.1) is 0 Å². The standard InChI is InChI=1S/C16H15FO5/c17-12-5-1-10(2-6-12)9-22-13-7-3-11(4-8-13)14(18)15(19)16(20)21/h1-8,14-15,18-19H,9H2,(H,20,21). The predicted octanol–water partition coefficient (Wildman–Crippen LogP) is 1.88. The van der Waals surface area contributed by atoms with E-state index in [-0.39, 0.29) is 18.0 Å². The van der Waals surface area contributed by atoms with Gasteiger partial charge in [-0.25, -0.2) is 9.18 Å². The fraction of sp³-hybridized carbons (Fsp3) is 0.188. The smallest absolute Gasteiger partial charge is 0.335 e. The Morgan fingerprint density at radius 3 is 2.18 bits per heavy atom. The molecule has 6 heteroatoms. The second-order valence-electron chi connectivity index (χ2n) is 4.71. The van der Waals surface area contributed by atoms with Crippen molar-refractivity contribution in [2.75, 3.05) is 0 Å². The van der Waals surface area contributed by atoms with Gasteiger partial charge in [0.05, 0.1) is 0 Å². The van der Waals surface area contributed by atoms with Crippen molar-refractivity contribution in [3.05, 3.63) is 65.5 Å². The molecule has 0 aliphatic heterocycles. The SMILES string of the molecule is O=C(O)C(O)C(O)c1ccc(OCc2ccc(F)cc2)cc1. The van der Waals surface area contributed by atoms with Crippen LogP contribution in [0.3, 0.4) is 0 Å². The Hall–Kier alpha value is -2.44. The maximum atomic E-state index is 12.8. The summed E-state index contributed by atoms with van der Waals surface area (Å²) < 4.78 is 18.3. The Kier molecular flexibility index (Phi) is 5.08. The van der Waals surface area contributed by atoms with Gasteiger partial charge in [0.1, 0.15) is 24.3 Å². The van der Waals surface area contributed by atoms with Crippen molar-refractivity contribution < 1.29 is 29.2 Å². The molecule has 0 radical (unpaired) electrons. The first-order valence-corrected chi connectivity index (χ1v) is 6.53. The number of benzene rings is 2. The summed E-state index contributed by atoms with van der Waals surface area (Å²) in [5.41, 5.74) is 1.07. The molecule has 3 N–H and O–H groups in total. The monoisotopic (exact) mass is 306 g/mol. The summed E-state index contributed by atoms with van der Waals surface area (Å²) in [6.45, 7) is 0.250. The number of halogens is 1. The first kappa shape index (κ1) is 15.9. The fourth-order valence-electron chi connectivity index (χ4n) is 1.83. The summed E-state index contributed by atoms with van der Waals surface area (Å²) in [5, 5.41) is 27.6. The van der Waals surface area contributed by atoms with Gasteiger partial charge in [-0.05, 0) is 35.4 Å². The lowest BCUT2D eigenvalue weighted by Gasteiger charge is -2.14. The van der Waals surface area contributed by atoms with E-state index < -0.39 is 18.2 Å². The molecule has 2 aromatic rings. The van der Waals surface area contributed by atoms with Crippen LogP contribution < -0.4 is 4.74 Å². The summed E-state index contributed by atoms with van der Waals surface area (Å²) >= 11 is 0. The number of carbonyl (C=O) groups is 1. The van der Waals surface area contributed by atoms with Gasteiger partial charge in [0.2, 0.25) is 0 Å². The molecule has 22 heavy (non-hydrogen) atoms. The second-order valence-corrected chi connectivity index (χ2v) is 4.71. The van der Waals surface area contributed by atoms with Crippen LogP contribution in [-0.2, 0) is 11.4 Å². The Balaban J connectivity index is 1.97. The molecule has 2 unspecified atom stereocenters. The molecule has 0 spiro atoms. The van der Waals surface area contributed by atoms with Gasteiger partial charge in [0.25, 0.3) is 0 Å². The van der Waals surface area contributed by atoms with E-state index in [1.54, 1.807) is 24.3 Å². The molecule has 0 bridgehead atoms. The van der Waals surface area contributed by atoms with Crippen LogP contribution in [0.15, 0.2) is 48.5 Å². The van der Waals surface area contributed by atoms with Crippen molar-refractivity contribution in [3.8, 4) is 5.75 Å². The minimum Gasteiger partial charge on any atom is -0.489 e. The molecule has 0 aromatic heterocycles. The number of aliphatic hydroxyl groups is 2. The average Bonchev–Trinajstić information content (AvgIpc) is 2.53. The van der Waals surface area contributed by atoms with E-state index in [1.807, 2.05) is 0 Å². The number of hydrogen-bond donors (Lipinski definition) is 3. The van der Waals surface area contributed by atoms with E-state index in [0.717, 1.165) is 5.56 Å². The van der Waals surface area contributed by atoms with Crippen LogP contribution in [0, 0.1) is 5.82 Å². The zero-order valence-electron chi connectivity index (χ0n) is 11.5. The molecule has 0 saturated heterocycles. The predicted molar refractivity (Wildman–Crippen MR) is 75.8 cm³/mol. The minimum absolute atomic E-state index is 0.250. The van der Waals surface area contributed by atoms with Gasteiger partial charge in [-0.3, -0.25) is 0 Å². The van der Waals surface area contributed by atoms with Crippen LogP contribution in [0.1, 0.15) is 17.2 Å². The number of carboxylic acid groups (broad SMARTS) is 1. The third-order valence-electron chi connectivity index (χ3n) is 3.09. The molecule has 5 nitrogen and oxygen atoms in total. The molecule has 0 heterocycles. The molecule has 2 atom stereocenters. The molecular weight excluding hydrogens is 291 g/mol. The van der Waals surface area contributed by atoms with Crippen molar-refractivity contribution in [1.29, 1.82) is 0 Å². The Labute approximate surface area is 126 Å². The lowest BCUT2D eigenvalue weighted by molar-refractivity contribution is -0.153. The van der Waals surface area contributed by atoms with E-state index in [2.05, 4.69) is 0 Å². The molecule has 0 saturated carbocycles. The van der Waals surface area contributed by atoms with Crippen molar-refractivity contribution in [3.63, 3.8) is 0 Å². The third-order valence-corrected chi connectivity index (χ3v) is 3.09. The lowest BCUT2D eigenvalue weighted by atomic mass is 10.0. The van der Waals surface area contributed by atoms with Gasteiger partial charge >= 0.3 is 5.97 Å². The first-order valence-electron chi connectivity index (χ1n) is 6.53. The van der Waals surface area contributed by atoms with E-state index in [9.17, 15) is 19.4 Å².